The molecule has 1 aromatic carbocycles. The minimum Gasteiger partial charge on any atom is -0.337 e. The number of imidazole rings is 1. The van der Waals surface area contributed by atoms with E-state index in [1.165, 1.54) is 0 Å². The van der Waals surface area contributed by atoms with E-state index in [4.69, 9.17) is 0 Å². The van der Waals surface area contributed by atoms with Gasteiger partial charge in [0.15, 0.2) is 0 Å². The third-order valence-electron chi connectivity index (χ3n) is 2.28. The van der Waals surface area contributed by atoms with E-state index in [0.29, 0.717) is 0 Å². The zero-order chi connectivity index (χ0) is 11.1. The second-order valence-electron chi connectivity index (χ2n) is 3.34. The molecule has 2 heterocycles. The van der Waals surface area contributed by atoms with Gasteiger partial charge < -0.3 is 4.98 Å². The zero-order valence-corrected chi connectivity index (χ0v) is 12.0. The standard InChI is InChI=1S/C11H6Br2N2S/c12-6-1-2-8-9(5-6)15-11(14-8)10-7(13)3-4-16-10/h1-5H,(H,14,15). The molecule has 0 aliphatic heterocycles. The van der Waals surface area contributed by atoms with Crippen LogP contribution in [0, 0.1) is 0 Å². The summed E-state index contributed by atoms with van der Waals surface area (Å²) < 4.78 is 2.14. The Morgan fingerprint density at radius 2 is 2.06 bits per heavy atom. The van der Waals surface area contributed by atoms with E-state index in [-0.39, 0.29) is 0 Å². The van der Waals surface area contributed by atoms with Crippen LogP contribution in [0.25, 0.3) is 21.7 Å². The fourth-order valence-electron chi connectivity index (χ4n) is 1.55. The maximum Gasteiger partial charge on any atom is 0.149 e. The first-order valence-electron chi connectivity index (χ1n) is 4.63. The third kappa shape index (κ3) is 1.73. The summed E-state index contributed by atoms with van der Waals surface area (Å²) in [7, 11) is 0. The van der Waals surface area contributed by atoms with Gasteiger partial charge in [-0.15, -0.1) is 11.3 Å². The van der Waals surface area contributed by atoms with Crippen LogP contribution in [0.3, 0.4) is 0 Å². The fourth-order valence-corrected chi connectivity index (χ4v) is 3.42. The van der Waals surface area contributed by atoms with Crippen LogP contribution in [0.15, 0.2) is 38.6 Å². The maximum absolute atomic E-state index is 4.56. The largest absolute Gasteiger partial charge is 0.337 e. The third-order valence-corrected chi connectivity index (χ3v) is 4.61. The van der Waals surface area contributed by atoms with Gasteiger partial charge in [0.05, 0.1) is 15.9 Å². The Morgan fingerprint density at radius 3 is 2.81 bits per heavy atom. The molecule has 3 rings (SSSR count). The molecule has 0 atom stereocenters. The molecule has 0 amide bonds. The summed E-state index contributed by atoms with van der Waals surface area (Å²) in [6.07, 6.45) is 0. The van der Waals surface area contributed by atoms with E-state index in [1.54, 1.807) is 11.3 Å². The van der Waals surface area contributed by atoms with Gasteiger partial charge in [-0.25, -0.2) is 4.98 Å². The minimum atomic E-state index is 0.912. The molecule has 0 bridgehead atoms. The highest BCUT2D eigenvalue weighted by Gasteiger charge is 2.09. The van der Waals surface area contributed by atoms with Crippen LogP contribution < -0.4 is 0 Å². The van der Waals surface area contributed by atoms with Crippen LogP contribution in [0.1, 0.15) is 0 Å². The summed E-state index contributed by atoms with van der Waals surface area (Å²) in [6, 6.07) is 8.06. The van der Waals surface area contributed by atoms with Crippen molar-refractivity contribution in [3.05, 3.63) is 38.6 Å². The molecule has 16 heavy (non-hydrogen) atoms. The molecule has 0 saturated heterocycles. The number of thiophene rings is 1. The van der Waals surface area contributed by atoms with Crippen LogP contribution in [0.2, 0.25) is 0 Å². The highest BCUT2D eigenvalue weighted by Crippen LogP contribution is 2.33. The van der Waals surface area contributed by atoms with Crippen molar-refractivity contribution >= 4 is 54.2 Å². The number of fused-ring (bicyclic) bond motifs is 1. The summed E-state index contributed by atoms with van der Waals surface area (Å²) in [4.78, 5) is 9.01. The molecule has 0 fully saturated rings. The number of hydrogen-bond donors (Lipinski definition) is 1. The van der Waals surface area contributed by atoms with Gasteiger partial charge in [-0.1, -0.05) is 15.9 Å². The number of nitrogens with one attached hydrogen (secondary N) is 1. The normalized spacial score (nSPS) is 11.1. The van der Waals surface area contributed by atoms with Crippen molar-refractivity contribution in [3.63, 3.8) is 0 Å². The number of nitrogens with zero attached hydrogens (tertiary/aromatic N) is 1. The van der Waals surface area contributed by atoms with Crippen molar-refractivity contribution in [2.75, 3.05) is 0 Å². The van der Waals surface area contributed by atoms with Crippen molar-refractivity contribution in [3.8, 4) is 10.7 Å². The molecule has 2 aromatic heterocycles. The Hall–Kier alpha value is -0.650. The van der Waals surface area contributed by atoms with E-state index in [2.05, 4.69) is 41.8 Å². The predicted molar refractivity (Wildman–Crippen MR) is 74.8 cm³/mol. The summed E-state index contributed by atoms with van der Waals surface area (Å²) in [6.45, 7) is 0. The number of aromatic amines is 1. The topological polar surface area (TPSA) is 28.7 Å². The molecule has 1 N–H and O–H groups in total. The van der Waals surface area contributed by atoms with E-state index in [0.717, 1.165) is 30.7 Å². The van der Waals surface area contributed by atoms with Crippen LogP contribution in [-0.2, 0) is 0 Å². The number of H-pyrrole nitrogens is 1. The van der Waals surface area contributed by atoms with Gasteiger partial charge in [0.1, 0.15) is 5.82 Å². The smallest absolute Gasteiger partial charge is 0.149 e. The number of rotatable bonds is 1. The minimum absolute atomic E-state index is 0.912. The van der Waals surface area contributed by atoms with E-state index in [9.17, 15) is 0 Å². The molecule has 2 nitrogen and oxygen atoms in total. The van der Waals surface area contributed by atoms with Crippen LogP contribution in [-0.4, -0.2) is 9.97 Å². The Bertz CT molecular complexity index is 657. The average molecular weight is 358 g/mol. The molecular weight excluding hydrogens is 352 g/mol. The first kappa shape index (κ1) is 10.5. The van der Waals surface area contributed by atoms with Gasteiger partial charge in [0.2, 0.25) is 0 Å². The van der Waals surface area contributed by atoms with Crippen molar-refractivity contribution in [2.45, 2.75) is 0 Å². The van der Waals surface area contributed by atoms with Gasteiger partial charge in [-0.3, -0.25) is 0 Å². The van der Waals surface area contributed by atoms with Gasteiger partial charge in [0, 0.05) is 8.95 Å². The lowest BCUT2D eigenvalue weighted by molar-refractivity contribution is 1.35. The summed E-state index contributed by atoms with van der Waals surface area (Å²) in [5.74, 6) is 0.912. The van der Waals surface area contributed by atoms with E-state index in [1.807, 2.05) is 29.6 Å². The Labute approximate surface area is 113 Å². The Morgan fingerprint density at radius 1 is 1.19 bits per heavy atom. The monoisotopic (exact) mass is 356 g/mol. The highest BCUT2D eigenvalue weighted by atomic mass is 79.9. The fraction of sp³-hybridized carbons (Fsp3) is 0. The maximum atomic E-state index is 4.56. The van der Waals surface area contributed by atoms with Gasteiger partial charge in [-0.05, 0) is 45.6 Å². The van der Waals surface area contributed by atoms with Gasteiger partial charge in [-0.2, -0.15) is 0 Å². The van der Waals surface area contributed by atoms with Crippen LogP contribution in [0.4, 0.5) is 0 Å². The van der Waals surface area contributed by atoms with Crippen molar-refractivity contribution in [2.24, 2.45) is 0 Å². The lowest BCUT2D eigenvalue weighted by Crippen LogP contribution is -1.74. The molecular formula is C11H6Br2N2S. The Balaban J connectivity index is 2.23. The number of benzene rings is 1. The number of aromatic nitrogens is 2. The lowest BCUT2D eigenvalue weighted by atomic mass is 10.3. The van der Waals surface area contributed by atoms with Crippen molar-refractivity contribution < 1.29 is 0 Å². The summed E-state index contributed by atoms with van der Waals surface area (Å²) >= 11 is 8.64. The van der Waals surface area contributed by atoms with Crippen LogP contribution >= 0.6 is 43.2 Å². The second-order valence-corrected chi connectivity index (χ2v) is 6.03. The quantitative estimate of drug-likeness (QED) is 0.664. The molecule has 0 unspecified atom stereocenters. The second kappa shape index (κ2) is 3.98. The molecule has 0 aliphatic carbocycles. The SMILES string of the molecule is Brc1ccc2nc(-c3sccc3Br)[nH]c2c1. The molecule has 0 saturated carbocycles. The molecule has 0 spiro atoms. The highest BCUT2D eigenvalue weighted by molar-refractivity contribution is 9.10. The Kier molecular flexibility index (Phi) is 2.61. The van der Waals surface area contributed by atoms with Crippen molar-refractivity contribution in [1.29, 1.82) is 0 Å². The van der Waals surface area contributed by atoms with Crippen molar-refractivity contribution in [1.82, 2.24) is 9.97 Å². The van der Waals surface area contributed by atoms with E-state index < -0.39 is 0 Å². The first-order valence-corrected chi connectivity index (χ1v) is 7.09. The van der Waals surface area contributed by atoms with E-state index >= 15 is 0 Å². The van der Waals surface area contributed by atoms with Gasteiger partial charge in [0.25, 0.3) is 0 Å². The lowest BCUT2D eigenvalue weighted by Gasteiger charge is -1.90. The van der Waals surface area contributed by atoms with Gasteiger partial charge >= 0.3 is 0 Å². The zero-order valence-electron chi connectivity index (χ0n) is 8.00. The molecule has 0 radical (unpaired) electrons. The molecule has 5 heteroatoms. The number of hydrogen-bond acceptors (Lipinski definition) is 2. The summed E-state index contributed by atoms with van der Waals surface area (Å²) in [5.41, 5.74) is 2.03. The molecule has 0 aliphatic rings. The number of halogens is 2. The first-order chi connectivity index (χ1) is 7.74. The predicted octanol–water partition coefficient (Wildman–Crippen LogP) is 4.82. The summed E-state index contributed by atoms with van der Waals surface area (Å²) in [5, 5.41) is 2.04. The molecule has 3 aromatic rings. The molecule has 80 valence electrons. The van der Waals surface area contributed by atoms with Crippen LogP contribution in [0.5, 0.6) is 0 Å². The average Bonchev–Trinajstić information content (AvgIpc) is 2.82.